The van der Waals surface area contributed by atoms with Crippen LogP contribution in [0.15, 0.2) is 6.07 Å². The fourth-order valence-corrected chi connectivity index (χ4v) is 3.01. The molecule has 2 rings (SSSR count). The smallest absolute Gasteiger partial charge is 0.264 e. The molecule has 1 amide bonds. The summed E-state index contributed by atoms with van der Waals surface area (Å²) < 4.78 is 0. The fourth-order valence-electron chi connectivity index (χ4n) is 2.01. The van der Waals surface area contributed by atoms with Crippen molar-refractivity contribution in [1.29, 1.82) is 0 Å². The maximum absolute atomic E-state index is 12.4. The number of aliphatic hydroxyl groups is 1. The van der Waals surface area contributed by atoms with Gasteiger partial charge in [-0.05, 0) is 38.3 Å². The number of hydrogen-bond donors (Lipinski definition) is 1. The molecule has 0 aromatic carbocycles. The molecule has 1 aliphatic carbocycles. The lowest BCUT2D eigenvalue weighted by Gasteiger charge is -2.19. The second-order valence-electron chi connectivity index (χ2n) is 4.72. The molecule has 1 saturated carbocycles. The van der Waals surface area contributed by atoms with Crippen LogP contribution in [0.1, 0.15) is 46.3 Å². The number of amides is 1. The summed E-state index contributed by atoms with van der Waals surface area (Å²) in [5.74, 6) is 6.07. The van der Waals surface area contributed by atoms with E-state index in [0.29, 0.717) is 12.5 Å². The normalized spacial score (nSPS) is 13.8. The molecule has 0 atom stereocenters. The first-order chi connectivity index (χ1) is 9.17. The molecule has 0 unspecified atom stereocenters. The Kier molecular flexibility index (Phi) is 4.62. The van der Waals surface area contributed by atoms with E-state index in [1.165, 1.54) is 11.3 Å². The lowest BCUT2D eigenvalue weighted by molar-refractivity contribution is 0.0757. The van der Waals surface area contributed by atoms with Crippen molar-refractivity contribution in [2.24, 2.45) is 0 Å². The van der Waals surface area contributed by atoms with E-state index in [9.17, 15) is 4.79 Å². The van der Waals surface area contributed by atoms with Crippen LogP contribution >= 0.6 is 11.3 Å². The van der Waals surface area contributed by atoms with Gasteiger partial charge in [-0.25, -0.2) is 0 Å². The van der Waals surface area contributed by atoms with Crippen LogP contribution in [0.25, 0.3) is 0 Å². The summed E-state index contributed by atoms with van der Waals surface area (Å²) in [5.41, 5.74) is 1.05. The maximum atomic E-state index is 12.4. The molecule has 19 heavy (non-hydrogen) atoms. The van der Waals surface area contributed by atoms with Crippen molar-refractivity contribution in [2.75, 3.05) is 13.2 Å². The van der Waals surface area contributed by atoms with Gasteiger partial charge in [-0.2, -0.15) is 0 Å². The van der Waals surface area contributed by atoms with Gasteiger partial charge < -0.3 is 10.0 Å². The van der Waals surface area contributed by atoms with E-state index in [2.05, 4.69) is 11.8 Å². The third-order valence-corrected chi connectivity index (χ3v) is 4.30. The topological polar surface area (TPSA) is 40.5 Å². The van der Waals surface area contributed by atoms with Gasteiger partial charge >= 0.3 is 0 Å². The van der Waals surface area contributed by atoms with E-state index in [1.54, 1.807) is 0 Å². The SMILES string of the molecule is CCN(C(=O)c1cc(C)c(C#CCCO)s1)C1CC1. The third kappa shape index (κ3) is 3.37. The Morgan fingerprint density at radius 2 is 2.32 bits per heavy atom. The van der Waals surface area contributed by atoms with Crippen LogP contribution in [0.2, 0.25) is 0 Å². The van der Waals surface area contributed by atoms with Crippen LogP contribution in [0, 0.1) is 18.8 Å². The fraction of sp³-hybridized carbons (Fsp3) is 0.533. The highest BCUT2D eigenvalue weighted by atomic mass is 32.1. The standard InChI is InChI=1S/C15H19NO2S/c1-3-16(12-7-8-12)15(18)14-10-11(2)13(19-14)6-4-5-9-17/h10,12,17H,3,5,7-9H2,1-2H3. The second kappa shape index (κ2) is 6.23. The van der Waals surface area contributed by atoms with Crippen LogP contribution in [0.5, 0.6) is 0 Å². The van der Waals surface area contributed by atoms with Crippen molar-refractivity contribution >= 4 is 17.2 Å². The molecule has 1 aromatic rings. The largest absolute Gasteiger partial charge is 0.395 e. The zero-order chi connectivity index (χ0) is 13.8. The van der Waals surface area contributed by atoms with Crippen LogP contribution in [0.3, 0.4) is 0 Å². The van der Waals surface area contributed by atoms with Gasteiger partial charge in [-0.3, -0.25) is 4.79 Å². The third-order valence-electron chi connectivity index (χ3n) is 3.16. The summed E-state index contributed by atoms with van der Waals surface area (Å²) in [6, 6.07) is 2.38. The quantitative estimate of drug-likeness (QED) is 0.859. The van der Waals surface area contributed by atoms with Gasteiger partial charge in [0.15, 0.2) is 0 Å². The molecule has 1 fully saturated rings. The number of aliphatic hydroxyl groups excluding tert-OH is 1. The van der Waals surface area contributed by atoms with Gasteiger partial charge in [-0.15, -0.1) is 11.3 Å². The van der Waals surface area contributed by atoms with Gasteiger partial charge in [0.2, 0.25) is 0 Å². The summed E-state index contributed by atoms with van der Waals surface area (Å²) in [6.45, 7) is 4.85. The number of carbonyl (C=O) groups is 1. The number of rotatable bonds is 4. The lowest BCUT2D eigenvalue weighted by atomic mass is 10.2. The van der Waals surface area contributed by atoms with Gasteiger partial charge in [0.05, 0.1) is 16.4 Å². The Balaban J connectivity index is 2.15. The minimum Gasteiger partial charge on any atom is -0.395 e. The number of aryl methyl sites for hydroxylation is 1. The van der Waals surface area contributed by atoms with Crippen LogP contribution < -0.4 is 0 Å². The summed E-state index contributed by atoms with van der Waals surface area (Å²) >= 11 is 1.46. The van der Waals surface area contributed by atoms with Gasteiger partial charge in [0.1, 0.15) is 0 Å². The highest BCUT2D eigenvalue weighted by Crippen LogP contribution is 2.30. The minimum absolute atomic E-state index is 0.0779. The minimum atomic E-state index is 0.0779. The van der Waals surface area contributed by atoms with Crippen molar-refractivity contribution in [2.45, 2.75) is 39.2 Å². The first-order valence-corrected chi connectivity index (χ1v) is 7.50. The number of hydrogen-bond acceptors (Lipinski definition) is 3. The predicted octanol–water partition coefficient (Wildman–Crippen LogP) is 2.41. The summed E-state index contributed by atoms with van der Waals surface area (Å²) in [6.07, 6.45) is 2.74. The Morgan fingerprint density at radius 1 is 1.58 bits per heavy atom. The number of nitrogens with zero attached hydrogens (tertiary/aromatic N) is 1. The van der Waals surface area contributed by atoms with E-state index < -0.39 is 0 Å². The van der Waals surface area contributed by atoms with Crippen molar-refractivity contribution in [3.63, 3.8) is 0 Å². The first-order valence-electron chi connectivity index (χ1n) is 6.68. The Labute approximate surface area is 118 Å². The molecule has 1 aliphatic rings. The first kappa shape index (κ1) is 14.1. The Morgan fingerprint density at radius 3 is 2.89 bits per heavy atom. The molecular weight excluding hydrogens is 258 g/mol. The van der Waals surface area contributed by atoms with E-state index in [0.717, 1.165) is 34.7 Å². The maximum Gasteiger partial charge on any atom is 0.264 e. The molecule has 0 aliphatic heterocycles. The monoisotopic (exact) mass is 277 g/mol. The molecule has 0 bridgehead atoms. The van der Waals surface area contributed by atoms with Crippen LogP contribution in [-0.4, -0.2) is 35.1 Å². The average Bonchev–Trinajstić information content (AvgIpc) is 3.15. The van der Waals surface area contributed by atoms with Gasteiger partial charge in [-0.1, -0.05) is 11.8 Å². The highest BCUT2D eigenvalue weighted by Gasteiger charge is 2.32. The molecule has 1 N–H and O–H groups in total. The zero-order valence-electron chi connectivity index (χ0n) is 11.4. The summed E-state index contributed by atoms with van der Waals surface area (Å²) in [5, 5.41) is 8.72. The Hall–Kier alpha value is -1.31. The van der Waals surface area contributed by atoms with E-state index >= 15 is 0 Å². The van der Waals surface area contributed by atoms with Crippen molar-refractivity contribution in [3.8, 4) is 11.8 Å². The average molecular weight is 277 g/mol. The highest BCUT2D eigenvalue weighted by molar-refractivity contribution is 7.14. The van der Waals surface area contributed by atoms with E-state index in [1.807, 2.05) is 24.8 Å². The molecular formula is C15H19NO2S. The zero-order valence-corrected chi connectivity index (χ0v) is 12.2. The molecule has 0 radical (unpaired) electrons. The molecule has 4 heteroatoms. The van der Waals surface area contributed by atoms with Gasteiger partial charge in [0, 0.05) is 19.0 Å². The molecule has 0 spiro atoms. The molecule has 0 saturated heterocycles. The van der Waals surface area contributed by atoms with Crippen molar-refractivity contribution < 1.29 is 9.90 Å². The van der Waals surface area contributed by atoms with Crippen LogP contribution in [0.4, 0.5) is 0 Å². The van der Waals surface area contributed by atoms with Gasteiger partial charge in [0.25, 0.3) is 5.91 Å². The number of carbonyl (C=O) groups excluding carboxylic acids is 1. The summed E-state index contributed by atoms with van der Waals surface area (Å²) in [4.78, 5) is 16.1. The molecule has 102 valence electrons. The van der Waals surface area contributed by atoms with E-state index in [4.69, 9.17) is 5.11 Å². The predicted molar refractivity (Wildman–Crippen MR) is 77.4 cm³/mol. The Bertz CT molecular complexity index is 520. The number of thiophene rings is 1. The van der Waals surface area contributed by atoms with E-state index in [-0.39, 0.29) is 12.5 Å². The molecule has 1 heterocycles. The van der Waals surface area contributed by atoms with Crippen LogP contribution in [-0.2, 0) is 0 Å². The lowest BCUT2D eigenvalue weighted by Crippen LogP contribution is -2.32. The van der Waals surface area contributed by atoms with Crippen molar-refractivity contribution in [1.82, 2.24) is 4.90 Å². The second-order valence-corrected chi connectivity index (χ2v) is 5.77. The van der Waals surface area contributed by atoms with Crippen molar-refractivity contribution in [3.05, 3.63) is 21.4 Å². The summed E-state index contributed by atoms with van der Waals surface area (Å²) in [7, 11) is 0. The molecule has 3 nitrogen and oxygen atoms in total. The molecule has 1 aromatic heterocycles.